The van der Waals surface area contributed by atoms with Crippen LogP contribution in [0.25, 0.3) is 0 Å². The third-order valence-corrected chi connectivity index (χ3v) is 5.90. The lowest BCUT2D eigenvalue weighted by molar-refractivity contribution is 0.222. The molecule has 104 valence electrons. The van der Waals surface area contributed by atoms with Gasteiger partial charge in [-0.3, -0.25) is 9.05 Å². The van der Waals surface area contributed by atoms with E-state index in [1.165, 1.54) is 0 Å². The molecule has 0 aliphatic heterocycles. The smallest absolute Gasteiger partial charge is 0.299 e. The Kier molecular flexibility index (Phi) is 10.1. The molecule has 0 aliphatic rings. The van der Waals surface area contributed by atoms with Crippen LogP contribution in [-0.2, 0) is 13.6 Å². The second-order valence-electron chi connectivity index (χ2n) is 3.68. The molecule has 0 saturated heterocycles. The standard InChI is InChI=1S/C9H18Cl3O3PS/c1-7(10)4-14-16(13,15-5-8(2)11)17-6-9(3)12/h7-9H,4-6H2,1-3H3. The van der Waals surface area contributed by atoms with Crippen molar-refractivity contribution in [3.05, 3.63) is 0 Å². The molecule has 17 heavy (non-hydrogen) atoms. The molecule has 0 rings (SSSR count). The zero-order valence-corrected chi connectivity index (χ0v) is 14.0. The summed E-state index contributed by atoms with van der Waals surface area (Å²) < 4.78 is 22.7. The molecule has 0 aromatic carbocycles. The third-order valence-electron chi connectivity index (χ3n) is 1.39. The van der Waals surface area contributed by atoms with Crippen molar-refractivity contribution in [2.24, 2.45) is 0 Å². The SMILES string of the molecule is CC(Cl)COP(=O)(OCC(C)Cl)SCC(C)Cl. The highest BCUT2D eigenvalue weighted by molar-refractivity contribution is 8.55. The summed E-state index contributed by atoms with van der Waals surface area (Å²) in [5, 5.41) is -0.564. The van der Waals surface area contributed by atoms with Gasteiger partial charge in [0.05, 0.1) is 24.0 Å². The Morgan fingerprint density at radius 3 is 1.71 bits per heavy atom. The van der Waals surface area contributed by atoms with E-state index >= 15 is 0 Å². The fourth-order valence-electron chi connectivity index (χ4n) is 0.694. The molecule has 0 aromatic heterocycles. The summed E-state index contributed by atoms with van der Waals surface area (Å²) in [4.78, 5) is 0. The van der Waals surface area contributed by atoms with Gasteiger partial charge in [0.2, 0.25) is 0 Å². The Balaban J connectivity index is 4.29. The van der Waals surface area contributed by atoms with Crippen LogP contribution in [0.4, 0.5) is 0 Å². The first-order chi connectivity index (χ1) is 7.75. The van der Waals surface area contributed by atoms with Crippen molar-refractivity contribution >= 4 is 53.0 Å². The second kappa shape index (κ2) is 9.30. The van der Waals surface area contributed by atoms with Crippen molar-refractivity contribution in [3.8, 4) is 0 Å². The first kappa shape index (κ1) is 18.4. The van der Waals surface area contributed by atoms with Crippen LogP contribution in [-0.4, -0.2) is 35.1 Å². The first-order valence-corrected chi connectivity index (χ1v) is 9.65. The summed E-state index contributed by atoms with van der Waals surface area (Å²) in [7, 11) is 0. The Hall–Kier alpha value is 1.37. The number of hydrogen-bond acceptors (Lipinski definition) is 4. The fraction of sp³-hybridized carbons (Fsp3) is 1.00. The minimum atomic E-state index is -3.22. The van der Waals surface area contributed by atoms with Gasteiger partial charge in [-0.15, -0.1) is 34.8 Å². The Morgan fingerprint density at radius 2 is 1.41 bits per heavy atom. The van der Waals surface area contributed by atoms with E-state index in [9.17, 15) is 4.57 Å². The number of alkyl halides is 3. The maximum absolute atomic E-state index is 12.3. The molecule has 3 atom stereocenters. The molecule has 0 radical (unpaired) electrons. The normalized spacial score (nSPS) is 20.6. The number of halogens is 3. The quantitative estimate of drug-likeness (QED) is 0.447. The van der Waals surface area contributed by atoms with E-state index in [2.05, 4.69) is 0 Å². The van der Waals surface area contributed by atoms with Gasteiger partial charge in [0.15, 0.2) is 0 Å². The minimum Gasteiger partial charge on any atom is -0.299 e. The molecule has 0 spiro atoms. The topological polar surface area (TPSA) is 35.5 Å². The van der Waals surface area contributed by atoms with Crippen LogP contribution >= 0.6 is 53.0 Å². The predicted octanol–water partition coefficient (Wildman–Crippen LogP) is 4.74. The van der Waals surface area contributed by atoms with Crippen LogP contribution in [0.1, 0.15) is 20.8 Å². The largest absolute Gasteiger partial charge is 0.389 e. The van der Waals surface area contributed by atoms with E-state index < -0.39 is 6.80 Å². The molecule has 0 aliphatic carbocycles. The monoisotopic (exact) mass is 342 g/mol. The van der Waals surface area contributed by atoms with E-state index in [-0.39, 0.29) is 29.3 Å². The van der Waals surface area contributed by atoms with E-state index in [1.54, 1.807) is 13.8 Å². The highest BCUT2D eigenvalue weighted by Gasteiger charge is 2.27. The van der Waals surface area contributed by atoms with Crippen LogP contribution in [0.5, 0.6) is 0 Å². The lowest BCUT2D eigenvalue weighted by Crippen LogP contribution is -2.08. The molecule has 3 unspecified atom stereocenters. The maximum atomic E-state index is 12.3. The van der Waals surface area contributed by atoms with E-state index in [4.69, 9.17) is 43.9 Å². The van der Waals surface area contributed by atoms with Crippen molar-refractivity contribution in [1.29, 1.82) is 0 Å². The summed E-state index contributed by atoms with van der Waals surface area (Å²) >= 11 is 18.4. The lowest BCUT2D eigenvalue weighted by Gasteiger charge is -2.19. The molecule has 0 aromatic rings. The van der Waals surface area contributed by atoms with Gasteiger partial charge in [0.1, 0.15) is 0 Å². The highest BCUT2D eigenvalue weighted by atomic mass is 35.5. The van der Waals surface area contributed by atoms with Crippen LogP contribution in [0, 0.1) is 0 Å². The number of rotatable bonds is 9. The molecule has 0 N–H and O–H groups in total. The van der Waals surface area contributed by atoms with Gasteiger partial charge in [-0.1, -0.05) is 0 Å². The first-order valence-electron chi connectivity index (χ1n) is 5.21. The summed E-state index contributed by atoms with van der Waals surface area (Å²) in [5.74, 6) is 0.478. The van der Waals surface area contributed by atoms with Gasteiger partial charge in [-0.05, 0) is 32.2 Å². The van der Waals surface area contributed by atoms with E-state index in [0.29, 0.717) is 5.75 Å². The number of hydrogen-bond donors (Lipinski definition) is 0. The summed E-state index contributed by atoms with van der Waals surface area (Å²) in [6.07, 6.45) is 0. The van der Waals surface area contributed by atoms with Crippen molar-refractivity contribution in [3.63, 3.8) is 0 Å². The Labute approximate surface area is 122 Å². The zero-order valence-electron chi connectivity index (χ0n) is 10.1. The van der Waals surface area contributed by atoms with Crippen molar-refractivity contribution in [2.45, 2.75) is 36.9 Å². The van der Waals surface area contributed by atoms with Crippen molar-refractivity contribution < 1.29 is 13.6 Å². The average Bonchev–Trinajstić information content (AvgIpc) is 2.21. The lowest BCUT2D eigenvalue weighted by atomic mass is 10.5. The Bertz CT molecular complexity index is 214. The highest BCUT2D eigenvalue weighted by Crippen LogP contribution is 2.61. The van der Waals surface area contributed by atoms with Crippen LogP contribution < -0.4 is 0 Å². The molecule has 0 amide bonds. The average molecular weight is 344 g/mol. The molecular formula is C9H18Cl3O3PS. The summed E-state index contributed by atoms with van der Waals surface area (Å²) in [5.41, 5.74) is 0. The second-order valence-corrected chi connectivity index (χ2v) is 10.0. The predicted molar refractivity (Wildman–Crippen MR) is 77.9 cm³/mol. The van der Waals surface area contributed by atoms with Gasteiger partial charge < -0.3 is 0 Å². The maximum Gasteiger partial charge on any atom is 0.389 e. The van der Waals surface area contributed by atoms with E-state index in [0.717, 1.165) is 11.4 Å². The van der Waals surface area contributed by atoms with Crippen molar-refractivity contribution in [2.75, 3.05) is 19.0 Å². The van der Waals surface area contributed by atoms with Gasteiger partial charge in [0, 0.05) is 11.1 Å². The van der Waals surface area contributed by atoms with Crippen molar-refractivity contribution in [1.82, 2.24) is 0 Å². The molecule has 0 bridgehead atoms. The van der Waals surface area contributed by atoms with Gasteiger partial charge >= 0.3 is 6.80 Å². The zero-order chi connectivity index (χ0) is 13.5. The Morgan fingerprint density at radius 1 is 1.00 bits per heavy atom. The molecule has 0 heterocycles. The van der Waals surface area contributed by atoms with Crippen LogP contribution in [0.2, 0.25) is 0 Å². The molecular weight excluding hydrogens is 325 g/mol. The van der Waals surface area contributed by atoms with Gasteiger partial charge in [-0.2, -0.15) is 0 Å². The van der Waals surface area contributed by atoms with Gasteiger partial charge in [0.25, 0.3) is 0 Å². The minimum absolute atomic E-state index is 0.109. The molecule has 0 saturated carbocycles. The van der Waals surface area contributed by atoms with E-state index in [1.807, 2.05) is 6.92 Å². The fourth-order valence-corrected chi connectivity index (χ4v) is 4.90. The third kappa shape index (κ3) is 10.9. The molecule has 0 fully saturated rings. The molecule has 8 heteroatoms. The van der Waals surface area contributed by atoms with Crippen LogP contribution in [0.3, 0.4) is 0 Å². The molecule has 3 nitrogen and oxygen atoms in total. The summed E-state index contributed by atoms with van der Waals surface area (Å²) in [6.45, 7) is 2.44. The van der Waals surface area contributed by atoms with Gasteiger partial charge in [-0.25, -0.2) is 4.57 Å². The summed E-state index contributed by atoms with van der Waals surface area (Å²) in [6, 6.07) is 0. The van der Waals surface area contributed by atoms with Crippen LogP contribution in [0.15, 0.2) is 0 Å².